The Bertz CT molecular complexity index is 304. The summed E-state index contributed by atoms with van der Waals surface area (Å²) in [5.41, 5.74) is 8.03. The van der Waals surface area contributed by atoms with E-state index < -0.39 is 0 Å². The van der Waals surface area contributed by atoms with E-state index in [1.165, 1.54) is 4.88 Å². The van der Waals surface area contributed by atoms with Crippen molar-refractivity contribution in [1.82, 2.24) is 9.88 Å². The lowest BCUT2D eigenvalue weighted by Gasteiger charge is -2.35. The molecule has 2 N–H and O–H groups in total. The van der Waals surface area contributed by atoms with Crippen LogP contribution >= 0.6 is 11.3 Å². The summed E-state index contributed by atoms with van der Waals surface area (Å²) in [5, 5.41) is 0. The van der Waals surface area contributed by atoms with Crippen LogP contribution in [0.1, 0.15) is 11.8 Å². The second kappa shape index (κ2) is 5.72. The van der Waals surface area contributed by atoms with E-state index in [1.807, 2.05) is 11.7 Å². The van der Waals surface area contributed by atoms with Crippen LogP contribution in [0.4, 0.5) is 0 Å². The molecule has 16 heavy (non-hydrogen) atoms. The molecule has 1 fully saturated rings. The maximum atomic E-state index is 6.18. The molecular weight excluding hydrogens is 222 g/mol. The van der Waals surface area contributed by atoms with E-state index >= 15 is 0 Å². The predicted molar refractivity (Wildman–Crippen MR) is 65.6 cm³/mol. The molecule has 2 unspecified atom stereocenters. The van der Waals surface area contributed by atoms with Crippen molar-refractivity contribution in [3.8, 4) is 0 Å². The summed E-state index contributed by atoms with van der Waals surface area (Å²) in [4.78, 5) is 7.69. The first kappa shape index (κ1) is 12.0. The van der Waals surface area contributed by atoms with Gasteiger partial charge in [-0.05, 0) is 6.54 Å². The SMILES string of the molecule is CCN1CCOC(C(N)Cc2cncs2)C1. The van der Waals surface area contributed by atoms with Gasteiger partial charge in [0.15, 0.2) is 0 Å². The minimum absolute atomic E-state index is 0.0785. The third kappa shape index (κ3) is 3.01. The van der Waals surface area contributed by atoms with Crippen molar-refractivity contribution in [3.05, 3.63) is 16.6 Å². The van der Waals surface area contributed by atoms with Crippen LogP contribution in [0.5, 0.6) is 0 Å². The fraction of sp³-hybridized carbons (Fsp3) is 0.727. The van der Waals surface area contributed by atoms with Crippen LogP contribution in [0.3, 0.4) is 0 Å². The van der Waals surface area contributed by atoms with Crippen molar-refractivity contribution < 1.29 is 4.74 Å². The number of nitrogens with zero attached hydrogens (tertiary/aromatic N) is 2. The van der Waals surface area contributed by atoms with Gasteiger partial charge in [-0.3, -0.25) is 9.88 Å². The Morgan fingerprint density at radius 2 is 2.62 bits per heavy atom. The molecule has 90 valence electrons. The number of likely N-dealkylation sites (N-methyl/N-ethyl adjacent to an activating group) is 1. The Morgan fingerprint density at radius 1 is 1.75 bits per heavy atom. The largest absolute Gasteiger partial charge is 0.374 e. The molecule has 0 saturated carbocycles. The van der Waals surface area contributed by atoms with Gasteiger partial charge in [0.1, 0.15) is 0 Å². The molecule has 4 nitrogen and oxygen atoms in total. The fourth-order valence-electron chi connectivity index (χ4n) is 1.98. The average Bonchev–Trinajstić information content (AvgIpc) is 2.82. The lowest BCUT2D eigenvalue weighted by molar-refractivity contribution is -0.0384. The molecule has 2 rings (SSSR count). The Hall–Kier alpha value is -0.490. The lowest BCUT2D eigenvalue weighted by Crippen LogP contribution is -2.51. The maximum absolute atomic E-state index is 6.18. The molecule has 1 aliphatic heterocycles. The molecule has 0 amide bonds. The van der Waals surface area contributed by atoms with E-state index in [2.05, 4.69) is 16.8 Å². The van der Waals surface area contributed by atoms with E-state index in [4.69, 9.17) is 10.5 Å². The number of nitrogens with two attached hydrogens (primary N) is 1. The number of hydrogen-bond acceptors (Lipinski definition) is 5. The fourth-order valence-corrected chi connectivity index (χ4v) is 2.65. The zero-order valence-corrected chi connectivity index (χ0v) is 10.4. The molecule has 1 aromatic heterocycles. The van der Waals surface area contributed by atoms with Gasteiger partial charge in [0, 0.05) is 36.6 Å². The van der Waals surface area contributed by atoms with Crippen LogP contribution in [-0.4, -0.2) is 48.3 Å². The molecule has 0 bridgehead atoms. The van der Waals surface area contributed by atoms with Crippen molar-refractivity contribution in [1.29, 1.82) is 0 Å². The molecule has 1 aliphatic rings. The van der Waals surface area contributed by atoms with Crippen LogP contribution in [0.25, 0.3) is 0 Å². The van der Waals surface area contributed by atoms with Crippen LogP contribution < -0.4 is 5.73 Å². The van der Waals surface area contributed by atoms with Crippen molar-refractivity contribution >= 4 is 11.3 Å². The molecule has 0 spiro atoms. The number of aromatic nitrogens is 1. The third-order valence-corrected chi connectivity index (χ3v) is 3.82. The topological polar surface area (TPSA) is 51.4 Å². The zero-order chi connectivity index (χ0) is 11.4. The van der Waals surface area contributed by atoms with Crippen LogP contribution in [0.2, 0.25) is 0 Å². The Labute approximate surface area is 100 Å². The highest BCUT2D eigenvalue weighted by atomic mass is 32.1. The predicted octanol–water partition coefficient (Wildman–Crippen LogP) is 0.734. The normalized spacial score (nSPS) is 24.5. The molecule has 0 aliphatic carbocycles. The van der Waals surface area contributed by atoms with Gasteiger partial charge in [0.05, 0.1) is 18.2 Å². The first-order chi connectivity index (χ1) is 7.79. The standard InChI is InChI=1S/C11H19N3OS/c1-2-14-3-4-15-11(7-14)10(12)5-9-6-13-8-16-9/h6,8,10-11H,2-5,7,12H2,1H3. The summed E-state index contributed by atoms with van der Waals surface area (Å²) in [6.45, 7) is 6.04. The Kier molecular flexibility index (Phi) is 4.29. The number of ether oxygens (including phenoxy) is 1. The highest BCUT2D eigenvalue weighted by molar-refractivity contribution is 7.09. The second-order valence-electron chi connectivity index (χ2n) is 4.14. The maximum Gasteiger partial charge on any atom is 0.0856 e. The molecule has 5 heteroatoms. The molecule has 2 atom stereocenters. The number of morpholine rings is 1. The monoisotopic (exact) mass is 241 g/mol. The van der Waals surface area contributed by atoms with Gasteiger partial charge in [-0.15, -0.1) is 11.3 Å². The Morgan fingerprint density at radius 3 is 3.31 bits per heavy atom. The van der Waals surface area contributed by atoms with Gasteiger partial charge in [-0.2, -0.15) is 0 Å². The average molecular weight is 241 g/mol. The molecule has 2 heterocycles. The summed E-state index contributed by atoms with van der Waals surface area (Å²) in [6.07, 6.45) is 2.92. The first-order valence-corrected chi connectivity index (χ1v) is 6.64. The summed E-state index contributed by atoms with van der Waals surface area (Å²) >= 11 is 1.66. The van der Waals surface area contributed by atoms with Crippen molar-refractivity contribution in [2.45, 2.75) is 25.5 Å². The molecule has 0 aromatic carbocycles. The Balaban J connectivity index is 1.86. The zero-order valence-electron chi connectivity index (χ0n) is 9.63. The smallest absolute Gasteiger partial charge is 0.0856 e. The minimum Gasteiger partial charge on any atom is -0.374 e. The van der Waals surface area contributed by atoms with Gasteiger partial charge < -0.3 is 10.5 Å². The van der Waals surface area contributed by atoms with Gasteiger partial charge in [-0.25, -0.2) is 0 Å². The molecule has 0 radical (unpaired) electrons. The summed E-state index contributed by atoms with van der Waals surface area (Å²) in [7, 11) is 0. The van der Waals surface area contributed by atoms with E-state index in [0.717, 1.165) is 32.7 Å². The number of rotatable bonds is 4. The van der Waals surface area contributed by atoms with Gasteiger partial charge in [0.25, 0.3) is 0 Å². The van der Waals surface area contributed by atoms with Crippen molar-refractivity contribution in [3.63, 3.8) is 0 Å². The van der Waals surface area contributed by atoms with Crippen LogP contribution in [0, 0.1) is 0 Å². The summed E-state index contributed by atoms with van der Waals surface area (Å²) in [5.74, 6) is 0. The molecule has 1 aromatic rings. The molecular formula is C11H19N3OS. The number of hydrogen-bond donors (Lipinski definition) is 1. The van der Waals surface area contributed by atoms with Gasteiger partial charge in [-0.1, -0.05) is 6.92 Å². The third-order valence-electron chi connectivity index (χ3n) is 3.02. The van der Waals surface area contributed by atoms with E-state index in [0.29, 0.717) is 0 Å². The van der Waals surface area contributed by atoms with E-state index in [9.17, 15) is 0 Å². The minimum atomic E-state index is 0.0785. The van der Waals surface area contributed by atoms with Crippen molar-refractivity contribution in [2.75, 3.05) is 26.2 Å². The van der Waals surface area contributed by atoms with E-state index in [1.54, 1.807) is 11.3 Å². The lowest BCUT2D eigenvalue weighted by atomic mass is 10.1. The number of thiazole rings is 1. The van der Waals surface area contributed by atoms with Gasteiger partial charge in [0.2, 0.25) is 0 Å². The van der Waals surface area contributed by atoms with E-state index in [-0.39, 0.29) is 12.1 Å². The first-order valence-electron chi connectivity index (χ1n) is 5.76. The highest BCUT2D eigenvalue weighted by Gasteiger charge is 2.25. The van der Waals surface area contributed by atoms with Crippen molar-refractivity contribution in [2.24, 2.45) is 5.73 Å². The molecule has 1 saturated heterocycles. The summed E-state index contributed by atoms with van der Waals surface area (Å²) < 4.78 is 5.74. The second-order valence-corrected chi connectivity index (χ2v) is 5.11. The quantitative estimate of drug-likeness (QED) is 0.844. The highest BCUT2D eigenvalue weighted by Crippen LogP contribution is 2.14. The van der Waals surface area contributed by atoms with Crippen LogP contribution in [0.15, 0.2) is 11.7 Å². The summed E-state index contributed by atoms with van der Waals surface area (Å²) in [6, 6.07) is 0.0785. The van der Waals surface area contributed by atoms with Crippen LogP contribution in [-0.2, 0) is 11.2 Å². The van der Waals surface area contributed by atoms with Gasteiger partial charge >= 0.3 is 0 Å².